The van der Waals surface area contributed by atoms with Crippen LogP contribution in [0.25, 0.3) is 10.9 Å². The van der Waals surface area contributed by atoms with Gasteiger partial charge in [0.15, 0.2) is 0 Å². The monoisotopic (exact) mass is 277 g/mol. The van der Waals surface area contributed by atoms with E-state index in [1.54, 1.807) is 0 Å². The topological polar surface area (TPSA) is 81.7 Å². The maximum absolute atomic E-state index is 10.5. The molecule has 71 valence electrons. The summed E-state index contributed by atoms with van der Waals surface area (Å²) >= 11 is 0. The van der Waals surface area contributed by atoms with E-state index < -0.39 is 10.0 Å². The first-order chi connectivity index (χ1) is 5.00. The summed E-state index contributed by atoms with van der Waals surface area (Å²) in [6.45, 7) is 0. The van der Waals surface area contributed by atoms with Crippen LogP contribution in [-0.4, -0.2) is 8.42 Å². The SMILES string of the molecule is [Ag].[NH-]c1ccc(S([NH-])(=O)=O)cc1. The van der Waals surface area contributed by atoms with Crippen LogP contribution in [0.5, 0.6) is 0 Å². The molecule has 0 atom stereocenters. The fourth-order valence-electron chi connectivity index (χ4n) is 0.634. The van der Waals surface area contributed by atoms with Gasteiger partial charge in [-0.3, -0.25) is 0 Å². The Morgan fingerprint density at radius 1 is 1.08 bits per heavy atom. The molecule has 1 rings (SSSR count). The van der Waals surface area contributed by atoms with E-state index in [4.69, 9.17) is 10.9 Å². The zero-order valence-electron chi connectivity index (χ0n) is 5.84. The quantitative estimate of drug-likeness (QED) is 0.737. The van der Waals surface area contributed by atoms with E-state index in [0.29, 0.717) is 0 Å². The average Bonchev–Trinajstić information content (AvgIpc) is 1.86. The largest absolute Gasteiger partial charge is 0.699 e. The summed E-state index contributed by atoms with van der Waals surface area (Å²) < 4.78 is 21.1. The predicted molar refractivity (Wildman–Crippen MR) is 41.9 cm³/mol. The summed E-state index contributed by atoms with van der Waals surface area (Å²) in [5.41, 5.74) is 7.27. The van der Waals surface area contributed by atoms with Gasteiger partial charge in [-0.25, -0.2) is 8.42 Å². The number of rotatable bonds is 1. The Labute approximate surface area is 86.5 Å². The third kappa shape index (κ3) is 2.96. The molecule has 0 saturated carbocycles. The molecule has 12 heavy (non-hydrogen) atoms. The zero-order valence-corrected chi connectivity index (χ0v) is 8.13. The fourth-order valence-corrected chi connectivity index (χ4v) is 1.13. The number of hydrogen-bond donors (Lipinski definition) is 0. The van der Waals surface area contributed by atoms with Crippen molar-refractivity contribution in [1.82, 2.24) is 0 Å². The molecule has 0 aliphatic heterocycles. The van der Waals surface area contributed by atoms with E-state index >= 15 is 0 Å². The van der Waals surface area contributed by atoms with E-state index in [2.05, 4.69) is 0 Å². The van der Waals surface area contributed by atoms with E-state index in [1.165, 1.54) is 24.3 Å². The van der Waals surface area contributed by atoms with Gasteiger partial charge in [-0.15, -0.1) is 5.69 Å². The molecule has 1 aromatic rings. The van der Waals surface area contributed by atoms with Gasteiger partial charge in [-0.1, -0.05) is 12.1 Å². The fraction of sp³-hybridized carbons (Fsp3) is 0. The van der Waals surface area contributed by atoms with E-state index in [1.807, 2.05) is 0 Å². The molecule has 6 heteroatoms. The molecule has 2 N–H and O–H groups in total. The Morgan fingerprint density at radius 3 is 1.83 bits per heavy atom. The van der Waals surface area contributed by atoms with E-state index in [-0.39, 0.29) is 33.0 Å². The molecular formula is C6H6AgN2O2S-2. The summed E-state index contributed by atoms with van der Waals surface area (Å²) in [4.78, 5) is -0.0755. The minimum atomic E-state index is -3.85. The van der Waals surface area contributed by atoms with Crippen LogP contribution in [-0.2, 0) is 32.4 Å². The summed E-state index contributed by atoms with van der Waals surface area (Å²) in [5, 5.41) is 6.65. The number of benzene rings is 1. The van der Waals surface area contributed by atoms with Gasteiger partial charge in [0.25, 0.3) is 0 Å². The first-order valence-electron chi connectivity index (χ1n) is 2.81. The van der Waals surface area contributed by atoms with Crippen molar-refractivity contribution in [2.24, 2.45) is 0 Å². The maximum atomic E-state index is 10.5. The number of hydrogen-bond acceptors (Lipinski definition) is 2. The standard InChI is InChI=1S/C6H6N2O2S.Ag/c7-5-1-3-6(4-2-5)11(8,9)10;/h1-4,7H,(H-,8,9,10);/q-2;. The molecule has 0 spiro atoms. The molecule has 0 aliphatic carbocycles. The second-order valence-corrected chi connectivity index (χ2v) is 3.51. The molecule has 0 aliphatic rings. The third-order valence-electron chi connectivity index (χ3n) is 1.16. The van der Waals surface area contributed by atoms with Crippen molar-refractivity contribution in [2.45, 2.75) is 4.90 Å². The van der Waals surface area contributed by atoms with Crippen molar-refractivity contribution in [3.63, 3.8) is 0 Å². The molecule has 0 fully saturated rings. The molecule has 0 bridgehead atoms. The van der Waals surface area contributed by atoms with E-state index in [9.17, 15) is 8.42 Å². The minimum Gasteiger partial charge on any atom is -0.699 e. The van der Waals surface area contributed by atoms with Crippen LogP contribution in [0.4, 0.5) is 5.69 Å². The first kappa shape index (κ1) is 11.7. The molecule has 1 radical (unpaired) electrons. The van der Waals surface area contributed by atoms with Crippen LogP contribution in [0, 0.1) is 0 Å². The Morgan fingerprint density at radius 2 is 1.50 bits per heavy atom. The summed E-state index contributed by atoms with van der Waals surface area (Å²) in [7, 11) is -3.85. The van der Waals surface area contributed by atoms with E-state index in [0.717, 1.165) is 0 Å². The van der Waals surface area contributed by atoms with Gasteiger partial charge in [-0.05, 0) is 12.1 Å². The summed E-state index contributed by atoms with van der Waals surface area (Å²) in [6.07, 6.45) is 0. The van der Waals surface area contributed by atoms with Gasteiger partial charge in [0, 0.05) is 27.3 Å². The molecule has 4 nitrogen and oxygen atoms in total. The molecule has 0 unspecified atom stereocenters. The maximum Gasteiger partial charge on any atom is 0.0987 e. The van der Waals surface area contributed by atoms with Gasteiger partial charge < -0.3 is 10.9 Å². The van der Waals surface area contributed by atoms with Gasteiger partial charge in [0.05, 0.1) is 10.0 Å². The molecule has 0 amide bonds. The van der Waals surface area contributed by atoms with Gasteiger partial charge in [0.1, 0.15) is 0 Å². The second kappa shape index (κ2) is 4.06. The summed E-state index contributed by atoms with van der Waals surface area (Å²) in [6, 6.07) is 5.15. The van der Waals surface area contributed by atoms with Crippen LogP contribution in [0.1, 0.15) is 0 Å². The molecular weight excluding hydrogens is 272 g/mol. The Kier molecular flexibility index (Phi) is 3.95. The summed E-state index contributed by atoms with van der Waals surface area (Å²) in [5.74, 6) is 0. The number of sulfonamides is 1. The molecule has 0 saturated heterocycles. The van der Waals surface area contributed by atoms with Gasteiger partial charge in [-0.2, -0.15) is 0 Å². The van der Waals surface area contributed by atoms with Crippen molar-refractivity contribution in [1.29, 1.82) is 0 Å². The van der Waals surface area contributed by atoms with Crippen LogP contribution in [0.3, 0.4) is 0 Å². The van der Waals surface area contributed by atoms with Crippen molar-refractivity contribution >= 4 is 15.7 Å². The molecule has 0 heterocycles. The van der Waals surface area contributed by atoms with Crippen LogP contribution in [0.2, 0.25) is 0 Å². The smallest absolute Gasteiger partial charge is 0.0987 e. The van der Waals surface area contributed by atoms with Crippen molar-refractivity contribution in [3.05, 3.63) is 35.1 Å². The van der Waals surface area contributed by atoms with Gasteiger partial charge >= 0.3 is 0 Å². The number of nitrogens with one attached hydrogen (secondary N) is 2. The Hall–Kier alpha value is -0.330. The Balaban J connectivity index is 0.00000121. The first-order valence-corrected chi connectivity index (χ1v) is 4.30. The normalized spacial score (nSPS) is 10.4. The molecule has 0 aromatic heterocycles. The second-order valence-electron chi connectivity index (χ2n) is 2.03. The van der Waals surface area contributed by atoms with Crippen LogP contribution in [0.15, 0.2) is 29.2 Å². The zero-order chi connectivity index (χ0) is 8.48. The third-order valence-corrected chi connectivity index (χ3v) is 2.06. The average molecular weight is 278 g/mol. The predicted octanol–water partition coefficient (Wildman–Crippen LogP) is 2.11. The van der Waals surface area contributed by atoms with Crippen molar-refractivity contribution in [2.75, 3.05) is 0 Å². The Bertz CT molecular complexity index is 346. The van der Waals surface area contributed by atoms with Gasteiger partial charge in [0.2, 0.25) is 0 Å². The van der Waals surface area contributed by atoms with Crippen molar-refractivity contribution < 1.29 is 30.8 Å². The minimum absolute atomic E-state index is 0. The van der Waals surface area contributed by atoms with Crippen LogP contribution >= 0.6 is 0 Å². The molecule has 1 aromatic carbocycles. The van der Waals surface area contributed by atoms with Crippen molar-refractivity contribution in [3.8, 4) is 0 Å². The van der Waals surface area contributed by atoms with Crippen LogP contribution < -0.4 is 0 Å².